The summed E-state index contributed by atoms with van der Waals surface area (Å²) in [4.78, 5) is 6.20. The summed E-state index contributed by atoms with van der Waals surface area (Å²) in [6, 6.07) is 17.6. The highest BCUT2D eigenvalue weighted by atomic mass is 15.1. The Kier molecular flexibility index (Phi) is 4.96. The second kappa shape index (κ2) is 7.32. The van der Waals surface area contributed by atoms with E-state index in [0.29, 0.717) is 6.04 Å². The van der Waals surface area contributed by atoms with Crippen molar-refractivity contribution in [1.82, 2.24) is 14.9 Å². The fourth-order valence-corrected chi connectivity index (χ4v) is 2.65. The molecular weight excluding hydrogens is 296 g/mol. The zero-order valence-corrected chi connectivity index (χ0v) is 14.5. The lowest BCUT2D eigenvalue weighted by Crippen LogP contribution is -2.18. The van der Waals surface area contributed by atoms with Crippen LogP contribution < -0.4 is 10.2 Å². The molecule has 4 heteroatoms. The quantitative estimate of drug-likeness (QED) is 0.750. The van der Waals surface area contributed by atoms with Crippen molar-refractivity contribution in [2.24, 2.45) is 0 Å². The first-order valence-electron chi connectivity index (χ1n) is 8.21. The summed E-state index contributed by atoms with van der Waals surface area (Å²) in [6.07, 6.45) is 5.56. The molecule has 1 atom stereocenters. The minimum Gasteiger partial charge on any atom is -0.378 e. The Morgan fingerprint density at radius 1 is 1.04 bits per heavy atom. The molecule has 1 N–H and O–H groups in total. The van der Waals surface area contributed by atoms with E-state index < -0.39 is 0 Å². The number of imidazole rings is 1. The van der Waals surface area contributed by atoms with Crippen LogP contribution in [0.15, 0.2) is 67.3 Å². The predicted octanol–water partition coefficient (Wildman–Crippen LogP) is 3.79. The van der Waals surface area contributed by atoms with Gasteiger partial charge in [0, 0.05) is 50.5 Å². The zero-order valence-electron chi connectivity index (χ0n) is 14.5. The first-order chi connectivity index (χ1) is 11.6. The van der Waals surface area contributed by atoms with Gasteiger partial charge in [-0.25, -0.2) is 4.98 Å². The van der Waals surface area contributed by atoms with Crippen molar-refractivity contribution in [3.63, 3.8) is 0 Å². The molecule has 0 amide bonds. The number of anilines is 1. The van der Waals surface area contributed by atoms with Gasteiger partial charge in [0.25, 0.3) is 0 Å². The molecular formula is C20H24N4. The van der Waals surface area contributed by atoms with Crippen molar-refractivity contribution < 1.29 is 0 Å². The van der Waals surface area contributed by atoms with Gasteiger partial charge in [0.1, 0.15) is 0 Å². The van der Waals surface area contributed by atoms with Crippen LogP contribution in [0.1, 0.15) is 24.1 Å². The molecule has 0 spiro atoms. The number of nitrogens with zero attached hydrogens (tertiary/aromatic N) is 3. The molecule has 0 aliphatic carbocycles. The van der Waals surface area contributed by atoms with Crippen LogP contribution in [-0.2, 0) is 6.54 Å². The molecule has 0 fully saturated rings. The molecule has 0 bridgehead atoms. The summed E-state index contributed by atoms with van der Waals surface area (Å²) in [5, 5.41) is 3.59. The van der Waals surface area contributed by atoms with Gasteiger partial charge in [-0.3, -0.25) is 0 Å². The number of nitrogens with one attached hydrogen (secondary N) is 1. The van der Waals surface area contributed by atoms with E-state index in [9.17, 15) is 0 Å². The third-order valence-corrected chi connectivity index (χ3v) is 4.26. The molecule has 24 heavy (non-hydrogen) atoms. The van der Waals surface area contributed by atoms with Gasteiger partial charge in [0.15, 0.2) is 0 Å². The normalized spacial score (nSPS) is 12.1. The third kappa shape index (κ3) is 3.84. The molecule has 1 aromatic heterocycles. The van der Waals surface area contributed by atoms with Crippen molar-refractivity contribution in [2.75, 3.05) is 19.0 Å². The summed E-state index contributed by atoms with van der Waals surface area (Å²) < 4.78 is 2.01. The standard InChI is InChI=1S/C20H24N4/c1-16(22-14-17-4-8-19(9-5-17)23(2)3)18-6-10-20(11-7-18)24-13-12-21-15-24/h4-13,15-16,22H,14H2,1-3H3. The topological polar surface area (TPSA) is 33.1 Å². The summed E-state index contributed by atoms with van der Waals surface area (Å²) in [7, 11) is 4.12. The molecule has 124 valence electrons. The third-order valence-electron chi connectivity index (χ3n) is 4.26. The fourth-order valence-electron chi connectivity index (χ4n) is 2.65. The molecule has 4 nitrogen and oxygen atoms in total. The van der Waals surface area contributed by atoms with Crippen molar-refractivity contribution >= 4 is 5.69 Å². The number of benzene rings is 2. The number of hydrogen-bond donors (Lipinski definition) is 1. The predicted molar refractivity (Wildman–Crippen MR) is 99.6 cm³/mol. The Morgan fingerprint density at radius 2 is 1.75 bits per heavy atom. The van der Waals surface area contributed by atoms with Crippen LogP contribution in [0.4, 0.5) is 5.69 Å². The van der Waals surface area contributed by atoms with Crippen molar-refractivity contribution in [1.29, 1.82) is 0 Å². The van der Waals surface area contributed by atoms with Crippen molar-refractivity contribution in [2.45, 2.75) is 19.5 Å². The minimum atomic E-state index is 0.301. The SMILES string of the molecule is CC(NCc1ccc(N(C)C)cc1)c1ccc(-n2ccnc2)cc1. The molecule has 3 rings (SSSR count). The van der Waals surface area contributed by atoms with E-state index in [1.165, 1.54) is 16.8 Å². The second-order valence-electron chi connectivity index (χ2n) is 6.22. The highest BCUT2D eigenvalue weighted by molar-refractivity contribution is 5.46. The van der Waals surface area contributed by atoms with Crippen LogP contribution in [-0.4, -0.2) is 23.6 Å². The molecule has 2 aromatic carbocycles. The highest BCUT2D eigenvalue weighted by Crippen LogP contribution is 2.17. The Morgan fingerprint density at radius 3 is 2.33 bits per heavy atom. The van der Waals surface area contributed by atoms with Crippen LogP contribution in [0.3, 0.4) is 0 Å². The average molecular weight is 320 g/mol. The number of rotatable bonds is 6. The van der Waals surface area contributed by atoms with Crippen LogP contribution >= 0.6 is 0 Å². The first kappa shape index (κ1) is 16.3. The molecule has 0 radical (unpaired) electrons. The fraction of sp³-hybridized carbons (Fsp3) is 0.250. The van der Waals surface area contributed by atoms with Gasteiger partial charge in [-0.1, -0.05) is 24.3 Å². The highest BCUT2D eigenvalue weighted by Gasteiger charge is 2.06. The molecule has 1 unspecified atom stereocenters. The molecule has 1 heterocycles. The lowest BCUT2D eigenvalue weighted by molar-refractivity contribution is 0.574. The lowest BCUT2D eigenvalue weighted by atomic mass is 10.1. The smallest absolute Gasteiger partial charge is 0.0991 e. The summed E-state index contributed by atoms with van der Waals surface area (Å²) >= 11 is 0. The van der Waals surface area contributed by atoms with E-state index in [0.717, 1.165) is 12.2 Å². The van der Waals surface area contributed by atoms with E-state index in [1.54, 1.807) is 6.20 Å². The maximum atomic E-state index is 4.08. The van der Waals surface area contributed by atoms with Gasteiger partial charge in [0.05, 0.1) is 6.33 Å². The Balaban J connectivity index is 1.59. The average Bonchev–Trinajstić information content (AvgIpc) is 3.15. The molecule has 3 aromatic rings. The Labute approximate surface area is 143 Å². The summed E-state index contributed by atoms with van der Waals surface area (Å²) in [5.41, 5.74) is 4.93. The minimum absolute atomic E-state index is 0.301. The summed E-state index contributed by atoms with van der Waals surface area (Å²) in [6.45, 7) is 3.05. The van der Waals surface area contributed by atoms with E-state index in [2.05, 4.69) is 84.8 Å². The molecule has 0 aliphatic heterocycles. The van der Waals surface area contributed by atoms with E-state index in [1.807, 2.05) is 17.1 Å². The Hall–Kier alpha value is -2.59. The van der Waals surface area contributed by atoms with E-state index in [-0.39, 0.29) is 0 Å². The monoisotopic (exact) mass is 320 g/mol. The first-order valence-corrected chi connectivity index (χ1v) is 8.21. The van der Waals surface area contributed by atoms with E-state index in [4.69, 9.17) is 0 Å². The van der Waals surface area contributed by atoms with Gasteiger partial charge in [0.2, 0.25) is 0 Å². The van der Waals surface area contributed by atoms with Crippen LogP contribution in [0.5, 0.6) is 0 Å². The number of hydrogen-bond acceptors (Lipinski definition) is 3. The van der Waals surface area contributed by atoms with E-state index >= 15 is 0 Å². The Bertz CT molecular complexity index is 743. The maximum Gasteiger partial charge on any atom is 0.0991 e. The molecule has 0 aliphatic rings. The largest absolute Gasteiger partial charge is 0.378 e. The lowest BCUT2D eigenvalue weighted by Gasteiger charge is -2.16. The molecule has 0 saturated heterocycles. The van der Waals surface area contributed by atoms with Crippen LogP contribution in [0.25, 0.3) is 5.69 Å². The molecule has 0 saturated carbocycles. The maximum absolute atomic E-state index is 4.08. The van der Waals surface area contributed by atoms with Gasteiger partial charge >= 0.3 is 0 Å². The number of aromatic nitrogens is 2. The zero-order chi connectivity index (χ0) is 16.9. The summed E-state index contributed by atoms with van der Waals surface area (Å²) in [5.74, 6) is 0. The second-order valence-corrected chi connectivity index (χ2v) is 6.22. The van der Waals surface area contributed by atoms with Gasteiger partial charge in [-0.15, -0.1) is 0 Å². The van der Waals surface area contributed by atoms with Crippen LogP contribution in [0, 0.1) is 0 Å². The van der Waals surface area contributed by atoms with Crippen molar-refractivity contribution in [3.05, 3.63) is 78.4 Å². The van der Waals surface area contributed by atoms with Gasteiger partial charge in [-0.05, 0) is 42.3 Å². The van der Waals surface area contributed by atoms with Crippen molar-refractivity contribution in [3.8, 4) is 5.69 Å². The van der Waals surface area contributed by atoms with Gasteiger partial charge < -0.3 is 14.8 Å². The van der Waals surface area contributed by atoms with Crippen LogP contribution in [0.2, 0.25) is 0 Å². The van der Waals surface area contributed by atoms with Gasteiger partial charge in [-0.2, -0.15) is 0 Å².